The third kappa shape index (κ3) is 4.70. The molecule has 0 aliphatic rings. The molecule has 0 saturated carbocycles. The van der Waals surface area contributed by atoms with Crippen molar-refractivity contribution in [3.05, 3.63) is 47.4 Å². The number of hydrogen-bond acceptors (Lipinski definition) is 6. The molecular formula is C15H20N4O2. The van der Waals surface area contributed by atoms with E-state index in [1.54, 1.807) is 13.2 Å². The first-order valence-electron chi connectivity index (χ1n) is 6.73. The third-order valence-electron chi connectivity index (χ3n) is 2.93. The van der Waals surface area contributed by atoms with Gasteiger partial charge in [0.2, 0.25) is 0 Å². The number of nitrogens with zero attached hydrogens (tertiary/aromatic N) is 2. The molecule has 2 rings (SSSR count). The fourth-order valence-electron chi connectivity index (χ4n) is 1.89. The lowest BCUT2D eigenvalue weighted by Crippen LogP contribution is -2.12. The molecule has 0 fully saturated rings. The van der Waals surface area contributed by atoms with Crippen molar-refractivity contribution in [3.8, 4) is 5.75 Å². The number of rotatable bonds is 7. The molecule has 1 aromatic carbocycles. The standard InChI is InChI=1S/C15H20N4O2/c1-11-9-14(19-16)18-15(17-11)10-21-13-5-3-12(4-6-13)7-8-20-2/h3-6,9H,7-8,10,16H2,1-2H3,(H,17,18,19). The monoisotopic (exact) mass is 288 g/mol. The lowest BCUT2D eigenvalue weighted by molar-refractivity contribution is 0.202. The Hall–Kier alpha value is -2.18. The van der Waals surface area contributed by atoms with Gasteiger partial charge in [-0.25, -0.2) is 15.8 Å². The summed E-state index contributed by atoms with van der Waals surface area (Å²) in [6, 6.07) is 9.69. The largest absolute Gasteiger partial charge is 0.486 e. The summed E-state index contributed by atoms with van der Waals surface area (Å²) in [6.45, 7) is 2.90. The van der Waals surface area contributed by atoms with Crippen LogP contribution in [-0.2, 0) is 17.8 Å². The molecule has 2 aromatic rings. The number of anilines is 1. The first-order chi connectivity index (χ1) is 10.2. The van der Waals surface area contributed by atoms with Crippen LogP contribution in [0.25, 0.3) is 0 Å². The summed E-state index contributed by atoms with van der Waals surface area (Å²) in [6.07, 6.45) is 0.892. The SMILES string of the molecule is COCCc1ccc(OCc2nc(C)cc(NN)n2)cc1. The molecule has 0 aliphatic heterocycles. The molecule has 6 nitrogen and oxygen atoms in total. The van der Waals surface area contributed by atoms with Gasteiger partial charge in [-0.2, -0.15) is 0 Å². The summed E-state index contributed by atoms with van der Waals surface area (Å²) in [5.41, 5.74) is 4.57. The minimum Gasteiger partial charge on any atom is -0.486 e. The van der Waals surface area contributed by atoms with Crippen molar-refractivity contribution in [2.45, 2.75) is 20.0 Å². The fourth-order valence-corrected chi connectivity index (χ4v) is 1.89. The van der Waals surface area contributed by atoms with Crippen LogP contribution in [0.5, 0.6) is 5.75 Å². The van der Waals surface area contributed by atoms with Gasteiger partial charge < -0.3 is 14.9 Å². The molecular weight excluding hydrogens is 268 g/mol. The number of aromatic nitrogens is 2. The highest BCUT2D eigenvalue weighted by Crippen LogP contribution is 2.14. The van der Waals surface area contributed by atoms with Gasteiger partial charge in [0, 0.05) is 18.9 Å². The van der Waals surface area contributed by atoms with E-state index in [0.717, 1.165) is 17.9 Å². The molecule has 6 heteroatoms. The van der Waals surface area contributed by atoms with Gasteiger partial charge in [-0.15, -0.1) is 0 Å². The third-order valence-corrected chi connectivity index (χ3v) is 2.93. The van der Waals surface area contributed by atoms with E-state index in [1.165, 1.54) is 5.56 Å². The van der Waals surface area contributed by atoms with Crippen LogP contribution >= 0.6 is 0 Å². The Morgan fingerprint density at radius 2 is 1.95 bits per heavy atom. The number of hydrogen-bond donors (Lipinski definition) is 2. The second kappa shape index (κ2) is 7.56. The molecule has 0 amide bonds. The molecule has 0 aliphatic carbocycles. The van der Waals surface area contributed by atoms with Crippen LogP contribution in [0.15, 0.2) is 30.3 Å². The second-order valence-corrected chi connectivity index (χ2v) is 4.63. The average Bonchev–Trinajstić information content (AvgIpc) is 2.51. The van der Waals surface area contributed by atoms with Gasteiger partial charge in [-0.05, 0) is 31.0 Å². The zero-order chi connectivity index (χ0) is 15.1. The summed E-state index contributed by atoms with van der Waals surface area (Å²) in [4.78, 5) is 8.54. The zero-order valence-corrected chi connectivity index (χ0v) is 12.3. The van der Waals surface area contributed by atoms with E-state index in [9.17, 15) is 0 Å². The summed E-state index contributed by atoms with van der Waals surface area (Å²) in [7, 11) is 1.70. The van der Waals surface area contributed by atoms with Crippen LogP contribution in [-0.4, -0.2) is 23.7 Å². The lowest BCUT2D eigenvalue weighted by Gasteiger charge is -2.08. The number of aryl methyl sites for hydroxylation is 1. The predicted octanol–water partition coefficient (Wildman–Crippen LogP) is 1.84. The van der Waals surface area contributed by atoms with Gasteiger partial charge in [-0.1, -0.05) is 12.1 Å². The van der Waals surface area contributed by atoms with Crippen LogP contribution in [0.3, 0.4) is 0 Å². The van der Waals surface area contributed by atoms with Crippen LogP contribution in [0.1, 0.15) is 17.1 Å². The van der Waals surface area contributed by atoms with Gasteiger partial charge in [0.15, 0.2) is 5.82 Å². The summed E-state index contributed by atoms with van der Waals surface area (Å²) in [5.74, 6) is 7.31. The van der Waals surface area contributed by atoms with E-state index >= 15 is 0 Å². The smallest absolute Gasteiger partial charge is 0.168 e. The summed E-state index contributed by atoms with van der Waals surface area (Å²) in [5, 5.41) is 0. The number of benzene rings is 1. The van der Waals surface area contributed by atoms with Crippen molar-refractivity contribution in [2.75, 3.05) is 19.1 Å². The zero-order valence-electron chi connectivity index (χ0n) is 12.3. The maximum Gasteiger partial charge on any atom is 0.168 e. The van der Waals surface area contributed by atoms with Crippen molar-refractivity contribution in [3.63, 3.8) is 0 Å². The Morgan fingerprint density at radius 3 is 2.62 bits per heavy atom. The molecule has 1 aromatic heterocycles. The quantitative estimate of drug-likeness (QED) is 0.597. The maximum absolute atomic E-state index is 5.68. The number of nitrogens with one attached hydrogen (secondary N) is 1. The second-order valence-electron chi connectivity index (χ2n) is 4.63. The van der Waals surface area contributed by atoms with Gasteiger partial charge in [-0.3, -0.25) is 0 Å². The number of nitrogens with two attached hydrogens (primary N) is 1. The Labute approximate surface area is 124 Å². The molecule has 0 radical (unpaired) electrons. The Morgan fingerprint density at radius 1 is 1.19 bits per heavy atom. The first-order valence-corrected chi connectivity index (χ1v) is 6.73. The molecule has 0 spiro atoms. The van der Waals surface area contributed by atoms with Crippen LogP contribution in [0, 0.1) is 6.92 Å². The van der Waals surface area contributed by atoms with E-state index < -0.39 is 0 Å². The van der Waals surface area contributed by atoms with Gasteiger partial charge in [0.25, 0.3) is 0 Å². The first kappa shape index (κ1) is 15.2. The molecule has 3 N–H and O–H groups in total. The topological polar surface area (TPSA) is 82.3 Å². The van der Waals surface area contributed by atoms with E-state index in [2.05, 4.69) is 15.4 Å². The van der Waals surface area contributed by atoms with Gasteiger partial charge >= 0.3 is 0 Å². The highest BCUT2D eigenvalue weighted by molar-refractivity contribution is 5.34. The van der Waals surface area contributed by atoms with Gasteiger partial charge in [0.1, 0.15) is 18.2 Å². The average molecular weight is 288 g/mol. The number of nitrogen functional groups attached to an aromatic ring is 1. The van der Waals surface area contributed by atoms with Crippen molar-refractivity contribution in [2.24, 2.45) is 5.84 Å². The fraction of sp³-hybridized carbons (Fsp3) is 0.333. The molecule has 0 atom stereocenters. The van der Waals surface area contributed by atoms with Crippen LogP contribution < -0.4 is 16.0 Å². The minimum atomic E-state index is 0.299. The Bertz CT molecular complexity index is 572. The predicted molar refractivity (Wildman–Crippen MR) is 80.9 cm³/mol. The van der Waals surface area contributed by atoms with Crippen molar-refractivity contribution in [1.29, 1.82) is 0 Å². The van der Waals surface area contributed by atoms with E-state index in [-0.39, 0.29) is 0 Å². The Kier molecular flexibility index (Phi) is 5.48. The normalized spacial score (nSPS) is 10.4. The molecule has 0 saturated heterocycles. The lowest BCUT2D eigenvalue weighted by atomic mass is 10.1. The number of methoxy groups -OCH3 is 1. The highest BCUT2D eigenvalue weighted by atomic mass is 16.5. The van der Waals surface area contributed by atoms with Crippen LogP contribution in [0.2, 0.25) is 0 Å². The van der Waals surface area contributed by atoms with E-state index in [1.807, 2.05) is 31.2 Å². The molecule has 21 heavy (non-hydrogen) atoms. The molecule has 1 heterocycles. The van der Waals surface area contributed by atoms with Crippen LogP contribution in [0.4, 0.5) is 5.82 Å². The van der Waals surface area contributed by atoms with Crippen molar-refractivity contribution >= 4 is 5.82 Å². The maximum atomic E-state index is 5.68. The van der Waals surface area contributed by atoms with E-state index in [4.69, 9.17) is 15.3 Å². The van der Waals surface area contributed by atoms with Gasteiger partial charge in [0.05, 0.1) is 6.61 Å². The minimum absolute atomic E-state index is 0.299. The molecule has 112 valence electrons. The summed E-state index contributed by atoms with van der Waals surface area (Å²) >= 11 is 0. The number of ether oxygens (including phenoxy) is 2. The Balaban J connectivity index is 1.95. The van der Waals surface area contributed by atoms with Crippen molar-refractivity contribution < 1.29 is 9.47 Å². The van der Waals surface area contributed by atoms with Crippen molar-refractivity contribution in [1.82, 2.24) is 9.97 Å². The molecule has 0 unspecified atom stereocenters. The molecule has 0 bridgehead atoms. The summed E-state index contributed by atoms with van der Waals surface area (Å²) < 4.78 is 10.7. The highest BCUT2D eigenvalue weighted by Gasteiger charge is 2.03. The number of hydrazine groups is 1. The van der Waals surface area contributed by atoms with E-state index in [0.29, 0.717) is 24.9 Å².